The summed E-state index contributed by atoms with van der Waals surface area (Å²) in [5.74, 6) is 0.240. The fourth-order valence-corrected chi connectivity index (χ4v) is 4.85. The normalized spacial score (nSPS) is 18.0. The average Bonchev–Trinajstić information content (AvgIpc) is 3.33. The molecule has 140 valence electrons. The zero-order valence-electron chi connectivity index (χ0n) is 14.5. The first-order valence-electron chi connectivity index (χ1n) is 8.66. The van der Waals surface area contributed by atoms with Crippen molar-refractivity contribution >= 4 is 10.0 Å². The van der Waals surface area contributed by atoms with E-state index in [2.05, 4.69) is 10.2 Å². The molecule has 0 spiro atoms. The van der Waals surface area contributed by atoms with Gasteiger partial charge in [0.2, 0.25) is 21.8 Å². The van der Waals surface area contributed by atoms with Crippen LogP contribution in [0.2, 0.25) is 0 Å². The SMILES string of the molecule is O=S(=O)(c1ccccc1F)N1CCC(Cc2nnc(-c3ccccc3)o2)C1. The predicted octanol–water partition coefficient (Wildman–Crippen LogP) is 3.13. The first-order chi connectivity index (χ1) is 13.0. The van der Waals surface area contributed by atoms with Crippen LogP contribution in [-0.2, 0) is 16.4 Å². The molecule has 2 aromatic carbocycles. The van der Waals surface area contributed by atoms with Crippen LogP contribution in [0.15, 0.2) is 63.9 Å². The van der Waals surface area contributed by atoms with Crippen LogP contribution in [0.5, 0.6) is 0 Å². The molecule has 1 saturated heterocycles. The molecule has 1 unspecified atom stereocenters. The van der Waals surface area contributed by atoms with Gasteiger partial charge in [0, 0.05) is 25.1 Å². The topological polar surface area (TPSA) is 76.3 Å². The van der Waals surface area contributed by atoms with Gasteiger partial charge >= 0.3 is 0 Å². The number of hydrogen-bond donors (Lipinski definition) is 0. The van der Waals surface area contributed by atoms with Crippen LogP contribution in [0.4, 0.5) is 4.39 Å². The number of benzene rings is 2. The van der Waals surface area contributed by atoms with Crippen LogP contribution in [-0.4, -0.2) is 36.0 Å². The van der Waals surface area contributed by atoms with E-state index in [9.17, 15) is 12.8 Å². The summed E-state index contributed by atoms with van der Waals surface area (Å²) in [4.78, 5) is -0.283. The third-order valence-corrected chi connectivity index (χ3v) is 6.55. The molecule has 0 radical (unpaired) electrons. The molecule has 3 aromatic rings. The average molecular weight is 387 g/mol. The lowest BCUT2D eigenvalue weighted by Crippen LogP contribution is -2.29. The van der Waals surface area contributed by atoms with Crippen LogP contribution >= 0.6 is 0 Å². The Morgan fingerprint density at radius 1 is 1.07 bits per heavy atom. The Kier molecular flexibility index (Phi) is 4.75. The number of hydrogen-bond acceptors (Lipinski definition) is 5. The molecule has 0 N–H and O–H groups in total. The van der Waals surface area contributed by atoms with E-state index >= 15 is 0 Å². The van der Waals surface area contributed by atoms with Crippen LogP contribution in [0.3, 0.4) is 0 Å². The first kappa shape index (κ1) is 17.8. The quantitative estimate of drug-likeness (QED) is 0.672. The maximum Gasteiger partial charge on any atom is 0.247 e. The molecule has 1 fully saturated rings. The summed E-state index contributed by atoms with van der Waals surface area (Å²) in [6, 6.07) is 14.9. The maximum absolute atomic E-state index is 13.9. The number of halogens is 1. The Hall–Kier alpha value is -2.58. The molecule has 1 aromatic heterocycles. The van der Waals surface area contributed by atoms with Gasteiger partial charge in [0.05, 0.1) is 0 Å². The molecular weight excluding hydrogens is 369 g/mol. The van der Waals surface area contributed by atoms with Gasteiger partial charge in [-0.2, -0.15) is 4.31 Å². The summed E-state index contributed by atoms with van der Waals surface area (Å²) in [6.45, 7) is 0.654. The van der Waals surface area contributed by atoms with Crippen LogP contribution in [0, 0.1) is 11.7 Å². The van der Waals surface area contributed by atoms with Gasteiger partial charge in [-0.1, -0.05) is 30.3 Å². The van der Waals surface area contributed by atoms with Crippen molar-refractivity contribution in [3.63, 3.8) is 0 Å². The van der Waals surface area contributed by atoms with Crippen molar-refractivity contribution in [3.05, 3.63) is 66.3 Å². The van der Waals surface area contributed by atoms with Crippen molar-refractivity contribution in [2.75, 3.05) is 13.1 Å². The second-order valence-electron chi connectivity index (χ2n) is 6.52. The van der Waals surface area contributed by atoms with E-state index in [4.69, 9.17) is 4.42 Å². The van der Waals surface area contributed by atoms with Gasteiger partial charge in [-0.15, -0.1) is 10.2 Å². The highest BCUT2D eigenvalue weighted by molar-refractivity contribution is 7.89. The van der Waals surface area contributed by atoms with E-state index in [1.165, 1.54) is 22.5 Å². The van der Waals surface area contributed by atoms with Crippen LogP contribution < -0.4 is 0 Å². The monoisotopic (exact) mass is 387 g/mol. The van der Waals surface area contributed by atoms with Crippen molar-refractivity contribution in [2.45, 2.75) is 17.7 Å². The van der Waals surface area contributed by atoms with Crippen LogP contribution in [0.1, 0.15) is 12.3 Å². The zero-order valence-corrected chi connectivity index (χ0v) is 15.3. The van der Waals surface area contributed by atoms with Gasteiger partial charge in [0.1, 0.15) is 10.7 Å². The Morgan fingerprint density at radius 2 is 1.81 bits per heavy atom. The first-order valence-corrected chi connectivity index (χ1v) is 10.1. The van der Waals surface area contributed by atoms with Gasteiger partial charge in [-0.25, -0.2) is 12.8 Å². The molecule has 8 heteroatoms. The molecule has 0 amide bonds. The van der Waals surface area contributed by atoms with Gasteiger partial charge in [0.15, 0.2) is 0 Å². The van der Waals surface area contributed by atoms with Crippen molar-refractivity contribution in [3.8, 4) is 11.5 Å². The van der Waals surface area contributed by atoms with E-state index in [0.29, 0.717) is 37.7 Å². The summed E-state index contributed by atoms with van der Waals surface area (Å²) in [6.07, 6.45) is 1.15. The number of sulfonamides is 1. The van der Waals surface area contributed by atoms with Crippen molar-refractivity contribution in [1.82, 2.24) is 14.5 Å². The van der Waals surface area contributed by atoms with Gasteiger partial charge in [-0.05, 0) is 36.6 Å². The third-order valence-electron chi connectivity index (χ3n) is 4.65. The Morgan fingerprint density at radius 3 is 2.59 bits per heavy atom. The maximum atomic E-state index is 13.9. The number of aromatic nitrogens is 2. The minimum atomic E-state index is -3.84. The summed E-state index contributed by atoms with van der Waals surface area (Å²) < 4.78 is 46.3. The summed E-state index contributed by atoms with van der Waals surface area (Å²) in [7, 11) is -3.84. The lowest BCUT2D eigenvalue weighted by atomic mass is 10.1. The summed E-state index contributed by atoms with van der Waals surface area (Å²) in [5.41, 5.74) is 0.839. The van der Waals surface area contributed by atoms with Gasteiger partial charge < -0.3 is 4.42 Å². The minimum absolute atomic E-state index is 0.0515. The standard InChI is InChI=1S/C19H18FN3O3S/c20-16-8-4-5-9-17(16)27(24,25)23-11-10-14(13-23)12-18-21-22-19(26-18)15-6-2-1-3-7-15/h1-9,14H,10-13H2. The highest BCUT2D eigenvalue weighted by Crippen LogP contribution is 2.28. The summed E-state index contributed by atoms with van der Waals surface area (Å²) in [5, 5.41) is 8.13. The molecular formula is C19H18FN3O3S. The number of nitrogens with zero attached hydrogens (tertiary/aromatic N) is 3. The third kappa shape index (κ3) is 3.63. The smallest absolute Gasteiger partial charge is 0.247 e. The predicted molar refractivity (Wildman–Crippen MR) is 96.7 cm³/mol. The van der Waals surface area contributed by atoms with Crippen molar-refractivity contribution < 1.29 is 17.2 Å². The molecule has 4 rings (SSSR count). The van der Waals surface area contributed by atoms with Crippen molar-refractivity contribution in [2.24, 2.45) is 5.92 Å². The second-order valence-corrected chi connectivity index (χ2v) is 8.43. The van der Waals surface area contributed by atoms with E-state index in [1.54, 1.807) is 0 Å². The lowest BCUT2D eigenvalue weighted by Gasteiger charge is -2.16. The van der Waals surface area contributed by atoms with Gasteiger partial charge in [0.25, 0.3) is 0 Å². The highest BCUT2D eigenvalue weighted by Gasteiger charge is 2.34. The molecule has 1 atom stereocenters. The zero-order chi connectivity index (χ0) is 18.9. The lowest BCUT2D eigenvalue weighted by molar-refractivity contribution is 0.421. The molecule has 0 bridgehead atoms. The molecule has 0 aliphatic carbocycles. The van der Waals surface area contributed by atoms with Gasteiger partial charge in [-0.3, -0.25) is 0 Å². The van der Waals surface area contributed by atoms with Crippen molar-refractivity contribution in [1.29, 1.82) is 0 Å². The largest absolute Gasteiger partial charge is 0.421 e. The van der Waals surface area contributed by atoms with E-state index in [1.807, 2.05) is 30.3 Å². The molecule has 6 nitrogen and oxygen atoms in total. The van der Waals surface area contributed by atoms with E-state index < -0.39 is 15.8 Å². The minimum Gasteiger partial charge on any atom is -0.421 e. The fourth-order valence-electron chi connectivity index (χ4n) is 3.26. The molecule has 0 saturated carbocycles. The molecule has 1 aliphatic heterocycles. The Bertz CT molecular complexity index is 1040. The molecule has 1 aliphatic rings. The van der Waals surface area contributed by atoms with Crippen LogP contribution in [0.25, 0.3) is 11.5 Å². The fraction of sp³-hybridized carbons (Fsp3) is 0.263. The van der Waals surface area contributed by atoms with E-state index in [-0.39, 0.29) is 10.8 Å². The number of rotatable bonds is 5. The summed E-state index contributed by atoms with van der Waals surface area (Å²) >= 11 is 0. The highest BCUT2D eigenvalue weighted by atomic mass is 32.2. The molecule has 27 heavy (non-hydrogen) atoms. The molecule has 2 heterocycles. The Labute approximate surface area is 156 Å². The van der Waals surface area contributed by atoms with E-state index in [0.717, 1.165) is 11.6 Å². The Balaban J connectivity index is 1.45. The second kappa shape index (κ2) is 7.21.